The fourth-order valence-corrected chi connectivity index (χ4v) is 1.43. The minimum absolute atomic E-state index is 0.277. The van der Waals surface area contributed by atoms with E-state index in [-0.39, 0.29) is 5.41 Å². The number of hydrogen-bond donors (Lipinski definition) is 1. The van der Waals surface area contributed by atoms with Crippen molar-refractivity contribution in [1.29, 1.82) is 0 Å². The molecule has 0 aromatic heterocycles. The molecular formula is C16H29NO2S. The first-order valence-electron chi connectivity index (χ1n) is 6.94. The number of carbonyl (C=O) groups excluding carboxylic acids is 1. The van der Waals surface area contributed by atoms with Gasteiger partial charge in [-0.1, -0.05) is 55.0 Å². The second-order valence-electron chi connectivity index (χ2n) is 5.52. The maximum atomic E-state index is 11.6. The van der Waals surface area contributed by atoms with E-state index in [1.165, 1.54) is 0 Å². The summed E-state index contributed by atoms with van der Waals surface area (Å²) in [6, 6.07) is 0. The van der Waals surface area contributed by atoms with Crippen LogP contribution in [0.5, 0.6) is 0 Å². The zero-order valence-electron chi connectivity index (χ0n) is 13.9. The minimum Gasteiger partial charge on any atom is -0.448 e. The zero-order chi connectivity index (χ0) is 16.3. The van der Waals surface area contributed by atoms with E-state index >= 15 is 0 Å². The van der Waals surface area contributed by atoms with Crippen LogP contribution < -0.4 is 0 Å². The smallest absolute Gasteiger partial charge is 0.433 e. The lowest BCUT2D eigenvalue weighted by Gasteiger charge is -2.21. The van der Waals surface area contributed by atoms with Crippen LogP contribution in [-0.4, -0.2) is 18.4 Å². The lowest BCUT2D eigenvalue weighted by Crippen LogP contribution is -2.23. The Bertz CT molecular complexity index is 363. The second-order valence-corrected chi connectivity index (χ2v) is 5.82. The number of hydrogen-bond acceptors (Lipinski definition) is 3. The Morgan fingerprint density at radius 3 is 2.20 bits per heavy atom. The van der Waals surface area contributed by atoms with Crippen LogP contribution in [0.25, 0.3) is 0 Å². The Morgan fingerprint density at radius 1 is 1.35 bits per heavy atom. The number of carbonyl (C=O) groups is 1. The van der Waals surface area contributed by atoms with Crippen LogP contribution in [0, 0.1) is 11.3 Å². The summed E-state index contributed by atoms with van der Waals surface area (Å²) in [7, 11) is 0. The number of allylic oxidation sites excluding steroid dienone is 2. The monoisotopic (exact) mass is 299 g/mol. The molecule has 4 heteroatoms. The van der Waals surface area contributed by atoms with Crippen molar-refractivity contribution in [3.8, 4) is 0 Å². The molecule has 3 nitrogen and oxygen atoms in total. The van der Waals surface area contributed by atoms with Crippen molar-refractivity contribution in [1.82, 2.24) is 0 Å². The first kappa shape index (κ1) is 21.3. The molecule has 0 atom stereocenters. The van der Waals surface area contributed by atoms with E-state index in [9.17, 15) is 4.79 Å². The summed E-state index contributed by atoms with van der Waals surface area (Å²) >= 11 is 4.00. The lowest BCUT2D eigenvalue weighted by atomic mass is 9.86. The summed E-state index contributed by atoms with van der Waals surface area (Å²) in [5.41, 5.74) is 1.00. The molecule has 0 aliphatic heterocycles. The van der Waals surface area contributed by atoms with Gasteiger partial charge in [-0.3, -0.25) is 0 Å². The van der Waals surface area contributed by atoms with Crippen molar-refractivity contribution in [3.63, 3.8) is 0 Å². The van der Waals surface area contributed by atoms with Gasteiger partial charge in [0.25, 0.3) is 0 Å². The highest BCUT2D eigenvalue weighted by molar-refractivity contribution is 7.83. The van der Waals surface area contributed by atoms with Gasteiger partial charge >= 0.3 is 6.09 Å². The molecule has 116 valence electrons. The fourth-order valence-electron chi connectivity index (χ4n) is 1.25. The van der Waals surface area contributed by atoms with Crippen LogP contribution in [-0.2, 0) is 4.74 Å². The number of nitrogens with zero attached hydrogens (tertiary/aromatic N) is 1. The first-order chi connectivity index (χ1) is 9.18. The van der Waals surface area contributed by atoms with Gasteiger partial charge in [-0.05, 0) is 23.0 Å². The van der Waals surface area contributed by atoms with Crippen molar-refractivity contribution in [2.45, 2.75) is 48.5 Å². The second kappa shape index (κ2) is 10.7. The largest absolute Gasteiger partial charge is 0.448 e. The SMILES string of the molecule is C=C(/C=C\S)/C(=N\C(=O)OCC(C)C)C(C)(C)C.CC. The van der Waals surface area contributed by atoms with E-state index in [1.807, 2.05) is 48.5 Å². The highest BCUT2D eigenvalue weighted by Crippen LogP contribution is 2.22. The Balaban J connectivity index is 0. The number of rotatable bonds is 4. The van der Waals surface area contributed by atoms with Crippen LogP contribution >= 0.6 is 12.6 Å². The van der Waals surface area contributed by atoms with Crippen molar-refractivity contribution in [3.05, 3.63) is 23.6 Å². The molecule has 0 rings (SSSR count). The molecule has 0 aliphatic carbocycles. The molecule has 20 heavy (non-hydrogen) atoms. The average molecular weight is 299 g/mol. The maximum absolute atomic E-state index is 11.6. The summed E-state index contributed by atoms with van der Waals surface area (Å²) in [6.45, 7) is 18.1. The predicted octanol–water partition coefficient (Wildman–Crippen LogP) is 5.29. The van der Waals surface area contributed by atoms with Crippen LogP contribution in [0.2, 0.25) is 0 Å². The summed E-state index contributed by atoms with van der Waals surface area (Å²) in [5.74, 6) is 0.294. The normalized spacial score (nSPS) is 12.2. The van der Waals surface area contributed by atoms with Crippen LogP contribution in [0.4, 0.5) is 4.79 Å². The molecular weight excluding hydrogens is 270 g/mol. The molecule has 0 aromatic carbocycles. The zero-order valence-corrected chi connectivity index (χ0v) is 14.8. The molecule has 0 fully saturated rings. The Labute approximate surface area is 129 Å². The van der Waals surface area contributed by atoms with Gasteiger partial charge in [0.05, 0.1) is 12.3 Å². The minimum atomic E-state index is -0.567. The van der Waals surface area contributed by atoms with E-state index < -0.39 is 6.09 Å². The fraction of sp³-hybridized carbons (Fsp3) is 0.625. The van der Waals surface area contributed by atoms with Gasteiger partial charge in [0.1, 0.15) is 0 Å². The molecule has 0 radical (unpaired) electrons. The predicted molar refractivity (Wildman–Crippen MR) is 91.7 cm³/mol. The van der Waals surface area contributed by atoms with Crippen molar-refractivity contribution < 1.29 is 9.53 Å². The molecule has 0 saturated carbocycles. The maximum Gasteiger partial charge on any atom is 0.433 e. The summed E-state index contributed by atoms with van der Waals surface area (Å²) in [4.78, 5) is 15.6. The van der Waals surface area contributed by atoms with Crippen molar-refractivity contribution in [2.24, 2.45) is 16.3 Å². The van der Waals surface area contributed by atoms with Gasteiger partial charge in [0.2, 0.25) is 0 Å². The molecule has 0 heterocycles. The Kier molecular flexibility index (Phi) is 11.4. The topological polar surface area (TPSA) is 38.7 Å². The molecule has 0 aromatic rings. The molecule has 1 amide bonds. The van der Waals surface area contributed by atoms with Gasteiger partial charge < -0.3 is 4.74 Å². The van der Waals surface area contributed by atoms with Crippen LogP contribution in [0.3, 0.4) is 0 Å². The first-order valence-corrected chi connectivity index (χ1v) is 7.46. The third-order valence-electron chi connectivity index (χ3n) is 2.03. The van der Waals surface area contributed by atoms with Crippen molar-refractivity contribution in [2.75, 3.05) is 6.61 Å². The van der Waals surface area contributed by atoms with Crippen LogP contribution in [0.15, 0.2) is 28.6 Å². The number of aliphatic imine (C=N–C) groups is 1. The number of thiol groups is 1. The van der Waals surface area contributed by atoms with Gasteiger partial charge in [0.15, 0.2) is 0 Å². The lowest BCUT2D eigenvalue weighted by molar-refractivity contribution is 0.143. The van der Waals surface area contributed by atoms with E-state index in [2.05, 4.69) is 24.2 Å². The molecule has 0 unspecified atom stereocenters. The highest BCUT2D eigenvalue weighted by Gasteiger charge is 2.22. The van der Waals surface area contributed by atoms with Gasteiger partial charge in [0, 0.05) is 5.41 Å². The average Bonchev–Trinajstić information content (AvgIpc) is 2.34. The Morgan fingerprint density at radius 2 is 1.85 bits per heavy atom. The van der Waals surface area contributed by atoms with E-state index in [4.69, 9.17) is 4.74 Å². The van der Waals surface area contributed by atoms with E-state index in [0.29, 0.717) is 23.8 Å². The highest BCUT2D eigenvalue weighted by atomic mass is 32.1. The van der Waals surface area contributed by atoms with Crippen molar-refractivity contribution >= 4 is 24.4 Å². The number of amides is 1. The Hall–Kier alpha value is -1.03. The standard InChI is InChI=1S/C14H23NO2S.C2H6/c1-10(2)9-17-13(16)15-12(14(4,5)6)11(3)7-8-18;1-2/h7-8,10,18H,3,9H2,1-2,4-6H3;1-2H3/b8-7-,15-12+;. The molecule has 0 N–H and O–H groups in total. The molecule has 0 saturated heterocycles. The van der Waals surface area contributed by atoms with E-state index in [1.54, 1.807) is 11.5 Å². The van der Waals surface area contributed by atoms with Gasteiger partial charge in [-0.2, -0.15) is 17.6 Å². The molecule has 0 bridgehead atoms. The van der Waals surface area contributed by atoms with Gasteiger partial charge in [-0.15, -0.1) is 0 Å². The number of ether oxygens (including phenoxy) is 1. The summed E-state index contributed by atoms with van der Waals surface area (Å²) in [5, 5.41) is 1.57. The summed E-state index contributed by atoms with van der Waals surface area (Å²) < 4.78 is 5.05. The third-order valence-corrected chi connectivity index (χ3v) is 2.18. The summed E-state index contributed by atoms with van der Waals surface area (Å²) in [6.07, 6.45) is 1.14. The molecule has 0 aliphatic rings. The quantitative estimate of drug-likeness (QED) is 0.435. The van der Waals surface area contributed by atoms with E-state index in [0.717, 1.165) is 0 Å². The van der Waals surface area contributed by atoms with Crippen LogP contribution in [0.1, 0.15) is 48.5 Å². The van der Waals surface area contributed by atoms with Gasteiger partial charge in [-0.25, -0.2) is 4.79 Å². The third kappa shape index (κ3) is 9.84. The molecule has 0 spiro atoms.